The molecule has 0 aliphatic rings. The Morgan fingerprint density at radius 3 is 2.47 bits per heavy atom. The quantitative estimate of drug-likeness (QED) is 0.799. The third-order valence-corrected chi connectivity index (χ3v) is 2.95. The first-order valence-electron chi connectivity index (χ1n) is 6.12. The summed E-state index contributed by atoms with van der Waals surface area (Å²) in [6, 6.07) is 7.19. The lowest BCUT2D eigenvalue weighted by Crippen LogP contribution is -2.26. The highest BCUT2D eigenvalue weighted by molar-refractivity contribution is 5.36. The number of hydrogen-bond acceptors (Lipinski definition) is 3. The van der Waals surface area contributed by atoms with Gasteiger partial charge in [0.15, 0.2) is 0 Å². The molecule has 96 valence electrons. The zero-order valence-electron chi connectivity index (χ0n) is 10.9. The molecule has 0 aliphatic heterocycles. The van der Waals surface area contributed by atoms with Gasteiger partial charge in [0, 0.05) is 5.56 Å². The Hall–Kier alpha value is -1.06. The maximum Gasteiger partial charge on any atom is 0.123 e. The van der Waals surface area contributed by atoms with Crippen LogP contribution in [0, 0.1) is 5.92 Å². The summed E-state index contributed by atoms with van der Waals surface area (Å²) < 4.78 is 5.25. The molecule has 3 N–H and O–H groups in total. The minimum Gasteiger partial charge on any atom is -0.496 e. The molecule has 0 saturated carbocycles. The van der Waals surface area contributed by atoms with Crippen LogP contribution in [0.15, 0.2) is 24.3 Å². The van der Waals surface area contributed by atoms with E-state index in [9.17, 15) is 5.11 Å². The first-order valence-corrected chi connectivity index (χ1v) is 6.12. The zero-order valence-corrected chi connectivity index (χ0v) is 10.9. The molecular formula is C14H23NO2. The van der Waals surface area contributed by atoms with Gasteiger partial charge in [-0.1, -0.05) is 32.0 Å². The third kappa shape index (κ3) is 4.02. The van der Waals surface area contributed by atoms with Crippen molar-refractivity contribution in [1.29, 1.82) is 0 Å². The van der Waals surface area contributed by atoms with Crippen LogP contribution in [0.2, 0.25) is 0 Å². The van der Waals surface area contributed by atoms with E-state index in [1.54, 1.807) is 7.11 Å². The van der Waals surface area contributed by atoms with Gasteiger partial charge in [-0.3, -0.25) is 0 Å². The Morgan fingerprint density at radius 2 is 1.88 bits per heavy atom. The van der Waals surface area contributed by atoms with Crippen molar-refractivity contribution in [3.8, 4) is 5.75 Å². The standard InChI is InChI=1S/C14H23NO2/c1-10(2)8-9-12(16)14(15)11-6-4-5-7-13(11)17-3/h4-7,10,12,14,16H,8-9,15H2,1-3H3/t12-,14+/m0/s1. The van der Waals surface area contributed by atoms with E-state index in [1.807, 2.05) is 24.3 Å². The summed E-state index contributed by atoms with van der Waals surface area (Å²) >= 11 is 0. The highest BCUT2D eigenvalue weighted by atomic mass is 16.5. The molecule has 1 aromatic carbocycles. The second-order valence-electron chi connectivity index (χ2n) is 4.81. The number of hydrogen-bond donors (Lipinski definition) is 2. The smallest absolute Gasteiger partial charge is 0.123 e. The molecule has 0 amide bonds. The van der Waals surface area contributed by atoms with Crippen LogP contribution in [0.3, 0.4) is 0 Å². The molecule has 0 saturated heterocycles. The van der Waals surface area contributed by atoms with Crippen LogP contribution in [0.4, 0.5) is 0 Å². The second kappa shape index (κ2) is 6.62. The molecule has 1 aromatic rings. The van der Waals surface area contributed by atoms with Crippen molar-refractivity contribution in [3.05, 3.63) is 29.8 Å². The molecule has 3 nitrogen and oxygen atoms in total. The lowest BCUT2D eigenvalue weighted by Gasteiger charge is -2.21. The molecule has 0 bridgehead atoms. The Bertz CT molecular complexity index is 339. The first kappa shape index (κ1) is 14.0. The summed E-state index contributed by atoms with van der Waals surface area (Å²) in [5.41, 5.74) is 6.94. The van der Waals surface area contributed by atoms with E-state index in [1.165, 1.54) is 0 Å². The molecule has 0 spiro atoms. The van der Waals surface area contributed by atoms with Crippen molar-refractivity contribution < 1.29 is 9.84 Å². The second-order valence-corrected chi connectivity index (χ2v) is 4.81. The SMILES string of the molecule is COc1ccccc1[C@@H](N)[C@@H](O)CCC(C)C. The Balaban J connectivity index is 2.70. The number of para-hydroxylation sites is 1. The molecule has 0 unspecified atom stereocenters. The van der Waals surface area contributed by atoms with E-state index in [4.69, 9.17) is 10.5 Å². The summed E-state index contributed by atoms with van der Waals surface area (Å²) in [6.45, 7) is 4.28. The topological polar surface area (TPSA) is 55.5 Å². The average Bonchev–Trinajstić information content (AvgIpc) is 2.34. The van der Waals surface area contributed by atoms with Crippen molar-refractivity contribution in [3.63, 3.8) is 0 Å². The van der Waals surface area contributed by atoms with Gasteiger partial charge in [-0.15, -0.1) is 0 Å². The van der Waals surface area contributed by atoms with Gasteiger partial charge in [-0.05, 0) is 24.8 Å². The number of aliphatic hydroxyl groups is 1. The van der Waals surface area contributed by atoms with E-state index in [0.717, 1.165) is 24.2 Å². The lowest BCUT2D eigenvalue weighted by molar-refractivity contribution is 0.127. The van der Waals surface area contributed by atoms with E-state index >= 15 is 0 Å². The largest absolute Gasteiger partial charge is 0.496 e. The van der Waals surface area contributed by atoms with Crippen LogP contribution in [0.5, 0.6) is 5.75 Å². The Labute approximate surface area is 104 Å². The van der Waals surface area contributed by atoms with Gasteiger partial charge in [0.25, 0.3) is 0 Å². The summed E-state index contributed by atoms with van der Waals surface area (Å²) in [4.78, 5) is 0. The summed E-state index contributed by atoms with van der Waals surface area (Å²) in [5.74, 6) is 1.32. The van der Waals surface area contributed by atoms with E-state index in [0.29, 0.717) is 5.92 Å². The van der Waals surface area contributed by atoms with Crippen LogP contribution >= 0.6 is 0 Å². The number of aliphatic hydroxyl groups excluding tert-OH is 1. The van der Waals surface area contributed by atoms with Crippen LogP contribution in [0.25, 0.3) is 0 Å². The zero-order chi connectivity index (χ0) is 12.8. The molecular weight excluding hydrogens is 214 g/mol. The third-order valence-electron chi connectivity index (χ3n) is 2.95. The predicted octanol–water partition coefficient (Wildman–Crippen LogP) is 2.49. The fraction of sp³-hybridized carbons (Fsp3) is 0.571. The maximum atomic E-state index is 10.1. The van der Waals surface area contributed by atoms with Crippen molar-refractivity contribution in [1.82, 2.24) is 0 Å². The monoisotopic (exact) mass is 237 g/mol. The minimum absolute atomic E-state index is 0.384. The summed E-state index contributed by atoms with van der Waals surface area (Å²) in [6.07, 6.45) is 1.18. The molecule has 0 heterocycles. The molecule has 1 rings (SSSR count). The normalized spacial score (nSPS) is 14.7. The van der Waals surface area contributed by atoms with Crippen LogP contribution < -0.4 is 10.5 Å². The van der Waals surface area contributed by atoms with E-state index in [-0.39, 0.29) is 6.04 Å². The number of ether oxygens (including phenoxy) is 1. The molecule has 0 radical (unpaired) electrons. The average molecular weight is 237 g/mol. The van der Waals surface area contributed by atoms with Crippen molar-refractivity contribution in [2.45, 2.75) is 38.8 Å². The van der Waals surface area contributed by atoms with Gasteiger partial charge in [0.1, 0.15) is 5.75 Å². The van der Waals surface area contributed by atoms with Crippen molar-refractivity contribution >= 4 is 0 Å². The van der Waals surface area contributed by atoms with Crippen molar-refractivity contribution in [2.24, 2.45) is 11.7 Å². The highest BCUT2D eigenvalue weighted by Crippen LogP contribution is 2.27. The molecule has 17 heavy (non-hydrogen) atoms. The van der Waals surface area contributed by atoms with Crippen LogP contribution in [-0.2, 0) is 0 Å². The van der Waals surface area contributed by atoms with Gasteiger partial charge in [-0.2, -0.15) is 0 Å². The van der Waals surface area contributed by atoms with Gasteiger partial charge < -0.3 is 15.6 Å². The number of rotatable bonds is 6. The lowest BCUT2D eigenvalue weighted by atomic mass is 9.95. The molecule has 3 heteroatoms. The fourth-order valence-corrected chi connectivity index (χ4v) is 1.83. The highest BCUT2D eigenvalue weighted by Gasteiger charge is 2.19. The van der Waals surface area contributed by atoms with Gasteiger partial charge in [0.2, 0.25) is 0 Å². The predicted molar refractivity (Wildman–Crippen MR) is 70.0 cm³/mol. The number of nitrogens with two attached hydrogens (primary N) is 1. The Kier molecular flexibility index (Phi) is 5.45. The molecule has 0 aliphatic carbocycles. The first-order chi connectivity index (χ1) is 8.06. The number of benzene rings is 1. The molecule has 0 fully saturated rings. The van der Waals surface area contributed by atoms with Crippen molar-refractivity contribution in [2.75, 3.05) is 7.11 Å². The number of methoxy groups -OCH3 is 1. The maximum absolute atomic E-state index is 10.1. The van der Waals surface area contributed by atoms with Gasteiger partial charge in [0.05, 0.1) is 19.3 Å². The summed E-state index contributed by atoms with van der Waals surface area (Å²) in [5, 5.41) is 10.1. The molecule has 2 atom stereocenters. The fourth-order valence-electron chi connectivity index (χ4n) is 1.83. The van der Waals surface area contributed by atoms with E-state index < -0.39 is 6.10 Å². The Morgan fingerprint density at radius 1 is 1.24 bits per heavy atom. The van der Waals surface area contributed by atoms with Crippen LogP contribution in [0.1, 0.15) is 38.3 Å². The van der Waals surface area contributed by atoms with Gasteiger partial charge in [-0.25, -0.2) is 0 Å². The van der Waals surface area contributed by atoms with Gasteiger partial charge >= 0.3 is 0 Å². The summed E-state index contributed by atoms with van der Waals surface area (Å²) in [7, 11) is 1.62. The van der Waals surface area contributed by atoms with E-state index in [2.05, 4.69) is 13.8 Å². The molecule has 0 aromatic heterocycles. The van der Waals surface area contributed by atoms with Crippen LogP contribution in [-0.4, -0.2) is 18.3 Å². The minimum atomic E-state index is -0.520.